The number of hydrogen-bond acceptors (Lipinski definition) is 2. The van der Waals surface area contributed by atoms with E-state index < -0.39 is 6.10 Å². The Labute approximate surface area is 137 Å². The minimum Gasteiger partial charge on any atom is -0.480 e. The van der Waals surface area contributed by atoms with Crippen molar-refractivity contribution in [1.82, 2.24) is 4.90 Å². The third kappa shape index (κ3) is 4.31. The molecule has 0 saturated heterocycles. The van der Waals surface area contributed by atoms with E-state index in [1.807, 2.05) is 18.2 Å². The number of carbonyl (C=O) groups excluding carboxylic acids is 1. The molecule has 0 heterocycles. The van der Waals surface area contributed by atoms with Crippen molar-refractivity contribution in [3.05, 3.63) is 64.4 Å². The highest BCUT2D eigenvalue weighted by Gasteiger charge is 2.20. The van der Waals surface area contributed by atoms with E-state index in [0.717, 1.165) is 10.0 Å². The Morgan fingerprint density at radius 2 is 1.86 bits per heavy atom. The van der Waals surface area contributed by atoms with Crippen molar-refractivity contribution in [1.29, 1.82) is 0 Å². The maximum Gasteiger partial charge on any atom is 0.263 e. The van der Waals surface area contributed by atoms with Crippen LogP contribution < -0.4 is 4.74 Å². The number of benzene rings is 2. The summed E-state index contributed by atoms with van der Waals surface area (Å²) in [6, 6.07) is 13.5. The molecule has 1 amide bonds. The monoisotopic (exact) mass is 365 g/mol. The zero-order valence-corrected chi connectivity index (χ0v) is 14.0. The van der Waals surface area contributed by atoms with E-state index in [0.29, 0.717) is 12.3 Å². The van der Waals surface area contributed by atoms with Crippen molar-refractivity contribution in [2.24, 2.45) is 0 Å². The van der Waals surface area contributed by atoms with Crippen LogP contribution in [0, 0.1) is 5.82 Å². The largest absolute Gasteiger partial charge is 0.480 e. The Balaban J connectivity index is 1.97. The van der Waals surface area contributed by atoms with Crippen LogP contribution in [0.5, 0.6) is 5.75 Å². The first-order chi connectivity index (χ1) is 10.5. The molecule has 0 radical (unpaired) electrons. The minimum atomic E-state index is -0.607. The van der Waals surface area contributed by atoms with Crippen molar-refractivity contribution in [3.63, 3.8) is 0 Å². The summed E-state index contributed by atoms with van der Waals surface area (Å²) in [6.45, 7) is 2.12. The lowest BCUT2D eigenvalue weighted by Gasteiger charge is -2.22. The first kappa shape index (κ1) is 16.5. The Morgan fingerprint density at radius 3 is 2.50 bits per heavy atom. The summed E-state index contributed by atoms with van der Waals surface area (Å²) in [5.74, 6) is 0.196. The van der Waals surface area contributed by atoms with Crippen LogP contribution in [0.25, 0.3) is 0 Å². The van der Waals surface area contributed by atoms with E-state index in [1.54, 1.807) is 37.1 Å². The van der Waals surface area contributed by atoms with Crippen LogP contribution in [0.2, 0.25) is 0 Å². The molecule has 2 rings (SSSR count). The topological polar surface area (TPSA) is 29.5 Å². The number of nitrogens with zero attached hydrogens (tertiary/aromatic N) is 1. The van der Waals surface area contributed by atoms with Crippen molar-refractivity contribution < 1.29 is 13.9 Å². The molecule has 0 aliphatic heterocycles. The fourth-order valence-corrected chi connectivity index (χ4v) is 2.41. The third-order valence-corrected chi connectivity index (χ3v) is 3.85. The molecule has 0 saturated carbocycles. The van der Waals surface area contributed by atoms with Crippen LogP contribution in [0.15, 0.2) is 53.0 Å². The van der Waals surface area contributed by atoms with E-state index in [2.05, 4.69) is 15.9 Å². The second-order valence-corrected chi connectivity index (χ2v) is 5.87. The van der Waals surface area contributed by atoms with Gasteiger partial charge in [0.15, 0.2) is 6.10 Å². The standard InChI is InChI=1S/C17H17BrFNO2/c1-12(22-16-6-4-3-5-15(16)18)17(21)20(2)11-13-7-9-14(19)10-8-13/h3-10,12H,11H2,1-2H3. The first-order valence-corrected chi connectivity index (χ1v) is 7.67. The molecule has 0 aromatic heterocycles. The van der Waals surface area contributed by atoms with Gasteiger partial charge >= 0.3 is 0 Å². The van der Waals surface area contributed by atoms with Crippen LogP contribution in [-0.4, -0.2) is 24.0 Å². The highest BCUT2D eigenvalue weighted by Crippen LogP contribution is 2.25. The van der Waals surface area contributed by atoms with Gasteiger partial charge < -0.3 is 9.64 Å². The number of para-hydroxylation sites is 1. The second-order valence-electron chi connectivity index (χ2n) is 5.01. The SMILES string of the molecule is CC(Oc1ccccc1Br)C(=O)N(C)Cc1ccc(F)cc1. The van der Waals surface area contributed by atoms with Gasteiger partial charge in [0, 0.05) is 13.6 Å². The van der Waals surface area contributed by atoms with Crippen molar-refractivity contribution in [3.8, 4) is 5.75 Å². The van der Waals surface area contributed by atoms with Gasteiger partial charge in [0.05, 0.1) is 4.47 Å². The summed E-state index contributed by atoms with van der Waals surface area (Å²) in [7, 11) is 1.70. The summed E-state index contributed by atoms with van der Waals surface area (Å²) in [6.07, 6.45) is -0.607. The van der Waals surface area contributed by atoms with Gasteiger partial charge in [-0.25, -0.2) is 4.39 Å². The van der Waals surface area contributed by atoms with Crippen LogP contribution in [0.3, 0.4) is 0 Å². The van der Waals surface area contributed by atoms with Gasteiger partial charge in [-0.05, 0) is 52.7 Å². The summed E-state index contributed by atoms with van der Waals surface area (Å²) in [5, 5.41) is 0. The Hall–Kier alpha value is -1.88. The van der Waals surface area contributed by atoms with E-state index in [-0.39, 0.29) is 11.7 Å². The summed E-state index contributed by atoms with van der Waals surface area (Å²) in [5.41, 5.74) is 0.866. The van der Waals surface area contributed by atoms with Crippen LogP contribution in [0.4, 0.5) is 4.39 Å². The van der Waals surface area contributed by atoms with Crippen molar-refractivity contribution in [2.75, 3.05) is 7.05 Å². The summed E-state index contributed by atoms with van der Waals surface area (Å²) >= 11 is 3.39. The summed E-state index contributed by atoms with van der Waals surface area (Å²) in [4.78, 5) is 13.9. The smallest absolute Gasteiger partial charge is 0.263 e. The fourth-order valence-electron chi connectivity index (χ4n) is 2.03. The molecule has 3 nitrogen and oxygen atoms in total. The normalized spacial score (nSPS) is 11.8. The number of hydrogen-bond donors (Lipinski definition) is 0. The molecule has 22 heavy (non-hydrogen) atoms. The zero-order chi connectivity index (χ0) is 16.1. The molecule has 5 heteroatoms. The average Bonchev–Trinajstić information content (AvgIpc) is 2.51. The Bertz CT molecular complexity index is 645. The van der Waals surface area contributed by atoms with Gasteiger partial charge in [0.1, 0.15) is 11.6 Å². The van der Waals surface area contributed by atoms with Gasteiger partial charge in [-0.3, -0.25) is 4.79 Å². The average molecular weight is 366 g/mol. The third-order valence-electron chi connectivity index (χ3n) is 3.20. The molecule has 0 aliphatic rings. The van der Waals surface area contributed by atoms with E-state index in [4.69, 9.17) is 4.74 Å². The molecule has 1 unspecified atom stereocenters. The Morgan fingerprint density at radius 1 is 1.23 bits per heavy atom. The number of carbonyl (C=O) groups is 1. The Kier molecular flexibility index (Phi) is 5.55. The molecule has 0 N–H and O–H groups in total. The maximum absolute atomic E-state index is 12.9. The molecule has 2 aromatic rings. The van der Waals surface area contributed by atoms with E-state index in [1.165, 1.54) is 12.1 Å². The quantitative estimate of drug-likeness (QED) is 0.800. The van der Waals surface area contributed by atoms with Crippen molar-refractivity contribution >= 4 is 21.8 Å². The highest BCUT2D eigenvalue weighted by molar-refractivity contribution is 9.10. The molecule has 0 aliphatic carbocycles. The molecule has 0 spiro atoms. The van der Waals surface area contributed by atoms with Gasteiger partial charge in [0.25, 0.3) is 5.91 Å². The number of likely N-dealkylation sites (N-methyl/N-ethyl adjacent to an activating group) is 1. The number of rotatable bonds is 5. The van der Waals surface area contributed by atoms with Crippen molar-refractivity contribution in [2.45, 2.75) is 19.6 Å². The fraction of sp³-hybridized carbons (Fsp3) is 0.235. The molecular weight excluding hydrogens is 349 g/mol. The minimum absolute atomic E-state index is 0.139. The number of amides is 1. The van der Waals surface area contributed by atoms with Crippen LogP contribution in [0.1, 0.15) is 12.5 Å². The van der Waals surface area contributed by atoms with Gasteiger partial charge in [-0.1, -0.05) is 24.3 Å². The predicted molar refractivity (Wildman–Crippen MR) is 87.1 cm³/mol. The molecule has 0 fully saturated rings. The van der Waals surface area contributed by atoms with E-state index in [9.17, 15) is 9.18 Å². The van der Waals surface area contributed by atoms with Gasteiger partial charge in [0.2, 0.25) is 0 Å². The maximum atomic E-state index is 12.9. The molecule has 116 valence electrons. The zero-order valence-electron chi connectivity index (χ0n) is 12.4. The molecular formula is C17H17BrFNO2. The molecule has 2 aromatic carbocycles. The molecule has 0 bridgehead atoms. The van der Waals surface area contributed by atoms with Gasteiger partial charge in [-0.15, -0.1) is 0 Å². The predicted octanol–water partition coefficient (Wildman–Crippen LogP) is 4.01. The first-order valence-electron chi connectivity index (χ1n) is 6.88. The van der Waals surface area contributed by atoms with Crippen LogP contribution in [-0.2, 0) is 11.3 Å². The van der Waals surface area contributed by atoms with Gasteiger partial charge in [-0.2, -0.15) is 0 Å². The lowest BCUT2D eigenvalue weighted by Crippen LogP contribution is -2.37. The highest BCUT2D eigenvalue weighted by atomic mass is 79.9. The lowest BCUT2D eigenvalue weighted by atomic mass is 10.2. The number of halogens is 2. The number of ether oxygens (including phenoxy) is 1. The molecule has 1 atom stereocenters. The van der Waals surface area contributed by atoms with Crippen LogP contribution >= 0.6 is 15.9 Å². The second kappa shape index (κ2) is 7.40. The lowest BCUT2D eigenvalue weighted by molar-refractivity contribution is -0.137. The summed E-state index contributed by atoms with van der Waals surface area (Å²) < 4.78 is 19.4. The van der Waals surface area contributed by atoms with E-state index >= 15 is 0 Å².